The van der Waals surface area contributed by atoms with Crippen LogP contribution in [0.4, 0.5) is 5.69 Å². The van der Waals surface area contributed by atoms with Crippen LogP contribution in [0.15, 0.2) is 30.5 Å². The van der Waals surface area contributed by atoms with Crippen molar-refractivity contribution >= 4 is 22.5 Å². The standard InChI is InChI=1S/C10H7N3O3/c11-10(14)9-6-3-1-2-4-7(6)12-5-8(9)13(15)16/h1-5H,(H2,11,14). The molecule has 80 valence electrons. The molecule has 16 heavy (non-hydrogen) atoms. The van der Waals surface area contributed by atoms with Gasteiger partial charge in [0.2, 0.25) is 0 Å². The Hall–Kier alpha value is -2.50. The van der Waals surface area contributed by atoms with Crippen LogP contribution in [-0.2, 0) is 0 Å². The third-order valence-electron chi connectivity index (χ3n) is 2.20. The van der Waals surface area contributed by atoms with Gasteiger partial charge in [0, 0.05) is 5.39 Å². The summed E-state index contributed by atoms with van der Waals surface area (Å²) in [6, 6.07) is 6.63. The average molecular weight is 217 g/mol. The Kier molecular flexibility index (Phi) is 2.24. The fourth-order valence-electron chi connectivity index (χ4n) is 1.53. The Balaban J connectivity index is 2.90. The van der Waals surface area contributed by atoms with Crippen molar-refractivity contribution in [1.82, 2.24) is 4.98 Å². The molecule has 1 aromatic carbocycles. The van der Waals surface area contributed by atoms with Crippen molar-refractivity contribution in [2.45, 2.75) is 0 Å². The molecule has 0 fully saturated rings. The van der Waals surface area contributed by atoms with E-state index < -0.39 is 10.8 Å². The van der Waals surface area contributed by atoms with Crippen LogP contribution < -0.4 is 5.73 Å². The second-order valence-electron chi connectivity index (χ2n) is 3.16. The smallest absolute Gasteiger partial charge is 0.300 e. The molecular formula is C10H7N3O3. The minimum Gasteiger partial charge on any atom is -0.365 e. The van der Waals surface area contributed by atoms with Crippen molar-refractivity contribution in [1.29, 1.82) is 0 Å². The molecule has 0 saturated carbocycles. The van der Waals surface area contributed by atoms with Crippen LogP contribution in [0, 0.1) is 10.1 Å². The number of nitrogens with two attached hydrogens (primary N) is 1. The lowest BCUT2D eigenvalue weighted by molar-refractivity contribution is -0.385. The van der Waals surface area contributed by atoms with Crippen LogP contribution in [0.5, 0.6) is 0 Å². The van der Waals surface area contributed by atoms with E-state index in [-0.39, 0.29) is 11.3 Å². The van der Waals surface area contributed by atoms with E-state index in [9.17, 15) is 14.9 Å². The Labute approximate surface area is 89.9 Å². The fourth-order valence-corrected chi connectivity index (χ4v) is 1.53. The summed E-state index contributed by atoms with van der Waals surface area (Å²) in [6.07, 6.45) is 1.04. The summed E-state index contributed by atoms with van der Waals surface area (Å²) in [6.45, 7) is 0. The fraction of sp³-hybridized carbons (Fsp3) is 0. The van der Waals surface area contributed by atoms with E-state index in [1.807, 2.05) is 0 Å². The molecule has 0 radical (unpaired) electrons. The molecule has 1 heterocycles. The minimum atomic E-state index is -0.828. The van der Waals surface area contributed by atoms with E-state index in [1.165, 1.54) is 0 Å². The number of benzene rings is 1. The van der Waals surface area contributed by atoms with Crippen molar-refractivity contribution in [2.24, 2.45) is 5.73 Å². The van der Waals surface area contributed by atoms with Gasteiger partial charge in [-0.05, 0) is 6.07 Å². The average Bonchev–Trinajstić information content (AvgIpc) is 2.27. The highest BCUT2D eigenvalue weighted by molar-refractivity contribution is 6.08. The van der Waals surface area contributed by atoms with E-state index in [1.54, 1.807) is 24.3 Å². The maximum Gasteiger partial charge on any atom is 0.300 e. The number of hydrogen-bond acceptors (Lipinski definition) is 4. The maximum absolute atomic E-state index is 11.2. The van der Waals surface area contributed by atoms with E-state index >= 15 is 0 Å². The highest BCUT2D eigenvalue weighted by Gasteiger charge is 2.21. The van der Waals surface area contributed by atoms with Crippen molar-refractivity contribution in [2.75, 3.05) is 0 Å². The maximum atomic E-state index is 11.2. The summed E-state index contributed by atoms with van der Waals surface area (Å²) in [5, 5.41) is 11.1. The first-order valence-corrected chi connectivity index (χ1v) is 4.43. The number of carbonyl (C=O) groups is 1. The van der Waals surface area contributed by atoms with Gasteiger partial charge < -0.3 is 5.73 Å². The summed E-state index contributed by atoms with van der Waals surface area (Å²) in [5.74, 6) is -0.828. The van der Waals surface area contributed by atoms with E-state index in [0.29, 0.717) is 10.9 Å². The number of aromatic nitrogens is 1. The molecule has 6 heteroatoms. The molecule has 6 nitrogen and oxygen atoms in total. The van der Waals surface area contributed by atoms with E-state index in [2.05, 4.69) is 4.98 Å². The van der Waals surface area contributed by atoms with Gasteiger partial charge in [-0.2, -0.15) is 0 Å². The Morgan fingerprint density at radius 2 is 2.06 bits per heavy atom. The minimum absolute atomic E-state index is 0.101. The van der Waals surface area contributed by atoms with Crippen molar-refractivity contribution in [3.8, 4) is 0 Å². The number of hydrogen-bond donors (Lipinski definition) is 1. The largest absolute Gasteiger partial charge is 0.365 e. The van der Waals surface area contributed by atoms with Crippen LogP contribution in [-0.4, -0.2) is 15.8 Å². The van der Waals surface area contributed by atoms with Crippen molar-refractivity contribution in [3.63, 3.8) is 0 Å². The Morgan fingerprint density at radius 3 is 2.69 bits per heavy atom. The third-order valence-corrected chi connectivity index (χ3v) is 2.20. The van der Waals surface area contributed by atoms with Crippen LogP contribution in [0.2, 0.25) is 0 Å². The van der Waals surface area contributed by atoms with Gasteiger partial charge in [0.25, 0.3) is 5.91 Å². The monoisotopic (exact) mass is 217 g/mol. The zero-order valence-corrected chi connectivity index (χ0v) is 8.08. The molecule has 2 N–H and O–H groups in total. The number of nitrogens with zero attached hydrogens (tertiary/aromatic N) is 2. The first-order chi connectivity index (χ1) is 7.61. The zero-order chi connectivity index (χ0) is 11.7. The van der Waals surface area contributed by atoms with E-state index in [4.69, 9.17) is 5.73 Å². The lowest BCUT2D eigenvalue weighted by atomic mass is 10.1. The van der Waals surface area contributed by atoms with E-state index in [0.717, 1.165) is 6.20 Å². The number of nitro groups is 1. The van der Waals surface area contributed by atoms with Gasteiger partial charge in [-0.25, -0.2) is 4.98 Å². The topological polar surface area (TPSA) is 99.1 Å². The SMILES string of the molecule is NC(=O)c1c([N+](=O)[O-])cnc2ccccc12. The number of rotatable bonds is 2. The van der Waals surface area contributed by atoms with Crippen LogP contribution in [0.3, 0.4) is 0 Å². The summed E-state index contributed by atoms with van der Waals surface area (Å²) in [7, 11) is 0. The molecule has 0 aliphatic heterocycles. The van der Waals surface area contributed by atoms with Gasteiger partial charge in [-0.15, -0.1) is 0 Å². The van der Waals surface area contributed by atoms with Gasteiger partial charge in [-0.3, -0.25) is 14.9 Å². The molecule has 0 atom stereocenters. The van der Waals surface area contributed by atoms with Gasteiger partial charge in [-0.1, -0.05) is 18.2 Å². The second-order valence-corrected chi connectivity index (χ2v) is 3.16. The molecule has 0 saturated heterocycles. The predicted octanol–water partition coefficient (Wildman–Crippen LogP) is 1.24. The first-order valence-electron chi connectivity index (χ1n) is 4.43. The highest BCUT2D eigenvalue weighted by atomic mass is 16.6. The number of pyridine rings is 1. The van der Waals surface area contributed by atoms with Gasteiger partial charge in [0.05, 0.1) is 10.4 Å². The number of amides is 1. The normalized spacial score (nSPS) is 10.2. The molecule has 2 rings (SSSR count). The molecule has 0 aliphatic rings. The van der Waals surface area contributed by atoms with Crippen LogP contribution >= 0.6 is 0 Å². The summed E-state index contributed by atoms with van der Waals surface area (Å²) in [4.78, 5) is 25.2. The Morgan fingerprint density at radius 1 is 1.38 bits per heavy atom. The quantitative estimate of drug-likeness (QED) is 0.604. The molecule has 0 bridgehead atoms. The number of carbonyl (C=O) groups excluding carboxylic acids is 1. The van der Waals surface area contributed by atoms with Crippen LogP contribution in [0.1, 0.15) is 10.4 Å². The molecule has 2 aromatic rings. The molecular weight excluding hydrogens is 210 g/mol. The van der Waals surface area contributed by atoms with Crippen molar-refractivity contribution < 1.29 is 9.72 Å². The summed E-state index contributed by atoms with van der Waals surface area (Å²) in [5.41, 5.74) is 5.18. The highest BCUT2D eigenvalue weighted by Crippen LogP contribution is 2.25. The van der Waals surface area contributed by atoms with Gasteiger partial charge >= 0.3 is 5.69 Å². The lowest BCUT2D eigenvalue weighted by Crippen LogP contribution is -2.14. The number of primary amides is 1. The number of fused-ring (bicyclic) bond motifs is 1. The second kappa shape index (κ2) is 3.58. The zero-order valence-electron chi connectivity index (χ0n) is 8.08. The van der Waals surface area contributed by atoms with Crippen molar-refractivity contribution in [3.05, 3.63) is 46.1 Å². The predicted molar refractivity (Wildman–Crippen MR) is 56.9 cm³/mol. The van der Waals surface area contributed by atoms with Crippen LogP contribution in [0.25, 0.3) is 10.9 Å². The van der Waals surface area contributed by atoms with Gasteiger partial charge in [0.1, 0.15) is 11.8 Å². The first kappa shape index (κ1) is 10.0. The molecule has 0 spiro atoms. The molecule has 0 unspecified atom stereocenters. The molecule has 1 amide bonds. The number of para-hydroxylation sites is 1. The summed E-state index contributed by atoms with van der Waals surface area (Å²) < 4.78 is 0. The lowest BCUT2D eigenvalue weighted by Gasteiger charge is -2.02. The molecule has 1 aromatic heterocycles. The summed E-state index contributed by atoms with van der Waals surface area (Å²) >= 11 is 0. The molecule has 0 aliphatic carbocycles. The third kappa shape index (κ3) is 1.46. The Bertz CT molecular complexity index is 595. The van der Waals surface area contributed by atoms with Gasteiger partial charge in [0.15, 0.2) is 0 Å².